The van der Waals surface area contributed by atoms with E-state index in [0.717, 1.165) is 4.90 Å². The van der Waals surface area contributed by atoms with E-state index in [9.17, 15) is 18.4 Å². The fourth-order valence-electron chi connectivity index (χ4n) is 3.46. The molecule has 0 aliphatic carbocycles. The molecule has 0 radical (unpaired) electrons. The Morgan fingerprint density at radius 3 is 2.68 bits per heavy atom. The van der Waals surface area contributed by atoms with Crippen LogP contribution < -0.4 is 0 Å². The summed E-state index contributed by atoms with van der Waals surface area (Å²) in [5, 5.41) is 0. The Hall–Kier alpha value is -1.99. The SMILES string of the molecule is Cc1ncc(C(=O)N2CC(F)(F)C[C@]3(CCN(C)C3=O)C2)[nH]1. The molecule has 2 aliphatic heterocycles. The predicted octanol–water partition coefficient (Wildman–Crippen LogP) is 1.05. The maximum absolute atomic E-state index is 14.1. The summed E-state index contributed by atoms with van der Waals surface area (Å²) in [7, 11) is 1.61. The molecule has 0 aromatic carbocycles. The standard InChI is InChI=1S/C14H18F2N4O2/c1-9-17-5-10(18-9)11(21)20-7-13(6-14(15,16)8-20)3-4-19(2)12(13)22/h5H,3-4,6-8H2,1-2H3,(H,17,18)/t13-/m1/s1. The summed E-state index contributed by atoms with van der Waals surface area (Å²) < 4.78 is 28.3. The molecule has 1 aromatic heterocycles. The maximum Gasteiger partial charge on any atom is 0.272 e. The molecule has 8 heteroatoms. The molecule has 6 nitrogen and oxygen atoms in total. The molecule has 0 bridgehead atoms. The van der Waals surface area contributed by atoms with Gasteiger partial charge in [0.2, 0.25) is 5.91 Å². The molecule has 2 amide bonds. The van der Waals surface area contributed by atoms with Gasteiger partial charge >= 0.3 is 0 Å². The van der Waals surface area contributed by atoms with Crippen LogP contribution in [-0.4, -0.2) is 64.2 Å². The first-order valence-electron chi connectivity index (χ1n) is 7.17. The number of nitrogens with zero attached hydrogens (tertiary/aromatic N) is 3. The normalized spacial score (nSPS) is 27.7. The Bertz CT molecular complexity index is 630. The number of imidazole rings is 1. The Balaban J connectivity index is 1.89. The number of halogens is 2. The molecular formula is C14H18F2N4O2. The van der Waals surface area contributed by atoms with Crippen molar-refractivity contribution in [2.24, 2.45) is 5.41 Å². The third kappa shape index (κ3) is 2.36. The van der Waals surface area contributed by atoms with E-state index in [1.165, 1.54) is 11.1 Å². The fourth-order valence-corrected chi connectivity index (χ4v) is 3.46. The van der Waals surface area contributed by atoms with Crippen LogP contribution in [0.4, 0.5) is 8.78 Å². The van der Waals surface area contributed by atoms with Crippen molar-refractivity contribution in [3.05, 3.63) is 17.7 Å². The van der Waals surface area contributed by atoms with Gasteiger partial charge in [-0.15, -0.1) is 0 Å². The minimum absolute atomic E-state index is 0.0304. The third-order valence-corrected chi connectivity index (χ3v) is 4.46. The summed E-state index contributed by atoms with van der Waals surface area (Å²) in [6.45, 7) is 1.49. The molecule has 2 saturated heterocycles. The number of H-pyrrole nitrogens is 1. The lowest BCUT2D eigenvalue weighted by molar-refractivity contribution is -0.150. The lowest BCUT2D eigenvalue weighted by atomic mass is 9.77. The Morgan fingerprint density at radius 2 is 2.14 bits per heavy atom. The summed E-state index contributed by atoms with van der Waals surface area (Å²) >= 11 is 0. The molecule has 0 saturated carbocycles. The zero-order chi connectivity index (χ0) is 16.1. The number of hydrogen-bond donors (Lipinski definition) is 1. The average molecular weight is 312 g/mol. The van der Waals surface area contributed by atoms with Crippen LogP contribution in [-0.2, 0) is 4.79 Å². The van der Waals surface area contributed by atoms with Crippen molar-refractivity contribution in [2.45, 2.75) is 25.7 Å². The minimum Gasteiger partial charge on any atom is -0.345 e. The lowest BCUT2D eigenvalue weighted by Crippen LogP contribution is -2.57. The molecule has 1 atom stereocenters. The zero-order valence-electron chi connectivity index (χ0n) is 12.5. The summed E-state index contributed by atoms with van der Waals surface area (Å²) in [5.74, 6) is -3.37. The number of hydrogen-bond acceptors (Lipinski definition) is 3. The Kier molecular flexibility index (Phi) is 3.23. The summed E-state index contributed by atoms with van der Waals surface area (Å²) in [4.78, 5) is 34.0. The van der Waals surface area contributed by atoms with Crippen molar-refractivity contribution in [1.29, 1.82) is 0 Å². The molecule has 2 fully saturated rings. The van der Waals surface area contributed by atoms with E-state index < -0.39 is 30.2 Å². The largest absolute Gasteiger partial charge is 0.345 e. The van der Waals surface area contributed by atoms with Crippen LogP contribution in [0.25, 0.3) is 0 Å². The van der Waals surface area contributed by atoms with Crippen LogP contribution in [0, 0.1) is 12.3 Å². The first-order chi connectivity index (χ1) is 10.2. The number of aromatic amines is 1. The van der Waals surface area contributed by atoms with E-state index in [-0.39, 0.29) is 18.1 Å². The number of aromatic nitrogens is 2. The van der Waals surface area contributed by atoms with Crippen LogP contribution in [0.5, 0.6) is 0 Å². The number of aryl methyl sites for hydroxylation is 1. The monoisotopic (exact) mass is 312 g/mol. The Morgan fingerprint density at radius 1 is 1.41 bits per heavy atom. The first kappa shape index (κ1) is 14.9. The van der Waals surface area contributed by atoms with Gasteiger partial charge in [-0.2, -0.15) is 0 Å². The molecule has 1 aromatic rings. The van der Waals surface area contributed by atoms with E-state index in [4.69, 9.17) is 0 Å². The van der Waals surface area contributed by atoms with Gasteiger partial charge in [0.25, 0.3) is 11.8 Å². The van der Waals surface area contributed by atoms with Crippen molar-refractivity contribution in [3.8, 4) is 0 Å². The van der Waals surface area contributed by atoms with E-state index in [0.29, 0.717) is 18.8 Å². The van der Waals surface area contributed by atoms with Gasteiger partial charge in [0.1, 0.15) is 11.5 Å². The molecule has 2 aliphatic rings. The van der Waals surface area contributed by atoms with Crippen molar-refractivity contribution >= 4 is 11.8 Å². The number of carbonyl (C=O) groups is 2. The van der Waals surface area contributed by atoms with Crippen molar-refractivity contribution in [1.82, 2.24) is 19.8 Å². The molecule has 120 valence electrons. The van der Waals surface area contributed by atoms with Crippen LogP contribution in [0.1, 0.15) is 29.2 Å². The van der Waals surface area contributed by atoms with Gasteiger partial charge in [-0.1, -0.05) is 0 Å². The molecule has 3 heterocycles. The van der Waals surface area contributed by atoms with Crippen molar-refractivity contribution < 1.29 is 18.4 Å². The van der Waals surface area contributed by atoms with E-state index in [1.54, 1.807) is 14.0 Å². The quantitative estimate of drug-likeness (QED) is 0.842. The molecule has 3 rings (SSSR count). The molecular weight excluding hydrogens is 294 g/mol. The van der Waals surface area contributed by atoms with Gasteiger partial charge in [0, 0.05) is 26.6 Å². The smallest absolute Gasteiger partial charge is 0.272 e. The van der Waals surface area contributed by atoms with Gasteiger partial charge in [0.15, 0.2) is 0 Å². The lowest BCUT2D eigenvalue weighted by Gasteiger charge is -2.42. The summed E-state index contributed by atoms with van der Waals surface area (Å²) in [5.41, 5.74) is -0.995. The minimum atomic E-state index is -3.07. The number of rotatable bonds is 1. The third-order valence-electron chi connectivity index (χ3n) is 4.46. The van der Waals surface area contributed by atoms with Gasteiger partial charge in [-0.3, -0.25) is 9.59 Å². The highest BCUT2D eigenvalue weighted by Gasteiger charge is 2.57. The van der Waals surface area contributed by atoms with Crippen LogP contribution in [0.15, 0.2) is 6.20 Å². The number of likely N-dealkylation sites (tertiary alicyclic amines) is 2. The molecule has 1 spiro atoms. The number of alkyl halides is 2. The number of carbonyl (C=O) groups excluding carboxylic acids is 2. The second kappa shape index (κ2) is 4.76. The van der Waals surface area contributed by atoms with Crippen molar-refractivity contribution in [3.63, 3.8) is 0 Å². The van der Waals surface area contributed by atoms with E-state index in [2.05, 4.69) is 9.97 Å². The molecule has 22 heavy (non-hydrogen) atoms. The van der Waals surface area contributed by atoms with Gasteiger partial charge in [0.05, 0.1) is 18.2 Å². The van der Waals surface area contributed by atoms with Gasteiger partial charge in [-0.25, -0.2) is 13.8 Å². The number of amides is 2. The average Bonchev–Trinajstić information content (AvgIpc) is 2.97. The molecule has 1 N–H and O–H groups in total. The maximum atomic E-state index is 14.1. The fraction of sp³-hybridized carbons (Fsp3) is 0.643. The second-order valence-electron chi connectivity index (χ2n) is 6.33. The number of piperidine rings is 1. The topological polar surface area (TPSA) is 69.3 Å². The number of nitrogens with one attached hydrogen (secondary N) is 1. The Labute approximate surface area is 126 Å². The van der Waals surface area contributed by atoms with Crippen LogP contribution >= 0.6 is 0 Å². The highest BCUT2D eigenvalue weighted by atomic mass is 19.3. The predicted molar refractivity (Wildman–Crippen MR) is 73.5 cm³/mol. The second-order valence-corrected chi connectivity index (χ2v) is 6.33. The highest BCUT2D eigenvalue weighted by molar-refractivity contribution is 5.93. The van der Waals surface area contributed by atoms with Crippen molar-refractivity contribution in [2.75, 3.05) is 26.7 Å². The van der Waals surface area contributed by atoms with Gasteiger partial charge in [-0.05, 0) is 13.3 Å². The zero-order valence-corrected chi connectivity index (χ0v) is 12.5. The first-order valence-corrected chi connectivity index (χ1v) is 7.17. The summed E-state index contributed by atoms with van der Waals surface area (Å²) in [6.07, 6.45) is 1.19. The van der Waals surface area contributed by atoms with Crippen LogP contribution in [0.3, 0.4) is 0 Å². The highest BCUT2D eigenvalue weighted by Crippen LogP contribution is 2.45. The molecule has 0 unspecified atom stereocenters. The van der Waals surface area contributed by atoms with E-state index >= 15 is 0 Å². The van der Waals surface area contributed by atoms with Gasteiger partial charge < -0.3 is 14.8 Å². The summed E-state index contributed by atoms with van der Waals surface area (Å²) in [6, 6.07) is 0. The van der Waals surface area contributed by atoms with Crippen LogP contribution in [0.2, 0.25) is 0 Å². The van der Waals surface area contributed by atoms with E-state index in [1.807, 2.05) is 0 Å².